The van der Waals surface area contributed by atoms with Gasteiger partial charge in [-0.2, -0.15) is 0 Å². The molecule has 2 aliphatic heterocycles. The Balaban J connectivity index is 1.09. The summed E-state index contributed by atoms with van der Waals surface area (Å²) in [7, 11) is 0. The molecule has 2 heterocycles. The molecule has 1 atom stereocenters. The molecule has 1 N–H and O–H groups in total. The first kappa shape index (κ1) is 20.5. The molecule has 3 fully saturated rings. The average molecular weight is 421 g/mol. The van der Waals surface area contributed by atoms with Crippen LogP contribution in [0.2, 0.25) is 0 Å². The van der Waals surface area contributed by atoms with Gasteiger partial charge in [0.25, 0.3) is 5.91 Å². The summed E-state index contributed by atoms with van der Waals surface area (Å²) in [5.74, 6) is 0.200. The minimum atomic E-state index is -0.0314. The number of rotatable bonds is 5. The van der Waals surface area contributed by atoms with Gasteiger partial charge < -0.3 is 10.2 Å². The van der Waals surface area contributed by atoms with E-state index < -0.39 is 0 Å². The Hall–Kier alpha value is -2.44. The van der Waals surface area contributed by atoms with E-state index in [1.54, 1.807) is 0 Å². The number of piperazine rings is 1. The van der Waals surface area contributed by atoms with Crippen LogP contribution in [0.3, 0.4) is 0 Å². The summed E-state index contributed by atoms with van der Waals surface area (Å²) in [5.41, 5.74) is 0.692. The molecule has 6 heteroatoms. The van der Waals surface area contributed by atoms with Gasteiger partial charge in [-0.3, -0.25) is 19.4 Å². The van der Waals surface area contributed by atoms with Gasteiger partial charge in [-0.1, -0.05) is 36.8 Å². The summed E-state index contributed by atoms with van der Waals surface area (Å²) < 4.78 is 0. The number of benzene rings is 2. The van der Waals surface area contributed by atoms with E-state index in [4.69, 9.17) is 0 Å². The lowest BCUT2D eigenvalue weighted by molar-refractivity contribution is -0.134. The Labute approximate surface area is 184 Å². The van der Waals surface area contributed by atoms with Crippen LogP contribution in [0.25, 0.3) is 10.8 Å². The number of hydrogen-bond donors (Lipinski definition) is 1. The lowest BCUT2D eigenvalue weighted by Gasteiger charge is -2.43. The summed E-state index contributed by atoms with van der Waals surface area (Å²) in [6, 6.07) is 14.8. The number of nitrogens with zero attached hydrogens (tertiary/aromatic N) is 3. The van der Waals surface area contributed by atoms with Crippen molar-refractivity contribution in [3.63, 3.8) is 0 Å². The Morgan fingerprint density at radius 1 is 0.903 bits per heavy atom. The van der Waals surface area contributed by atoms with Crippen LogP contribution in [0.1, 0.15) is 36.0 Å². The van der Waals surface area contributed by atoms with Crippen molar-refractivity contribution in [2.45, 2.75) is 37.8 Å². The highest BCUT2D eigenvalue weighted by Crippen LogP contribution is 2.25. The van der Waals surface area contributed by atoms with Gasteiger partial charge in [0.05, 0.1) is 6.54 Å². The van der Waals surface area contributed by atoms with Crippen LogP contribution in [0.4, 0.5) is 0 Å². The van der Waals surface area contributed by atoms with Crippen molar-refractivity contribution in [1.29, 1.82) is 0 Å². The lowest BCUT2D eigenvalue weighted by Crippen LogP contribution is -2.55. The molecule has 6 nitrogen and oxygen atoms in total. The monoisotopic (exact) mass is 420 g/mol. The van der Waals surface area contributed by atoms with Crippen LogP contribution in [-0.4, -0.2) is 84.4 Å². The molecule has 2 amide bonds. The van der Waals surface area contributed by atoms with Crippen LogP contribution in [0, 0.1) is 0 Å². The second kappa shape index (κ2) is 8.97. The molecular formula is C25H32N4O2. The van der Waals surface area contributed by atoms with Crippen molar-refractivity contribution in [3.05, 3.63) is 48.0 Å². The molecule has 3 aliphatic rings. The fourth-order valence-corrected chi connectivity index (χ4v) is 5.07. The zero-order valence-electron chi connectivity index (χ0n) is 18.1. The minimum Gasteiger partial charge on any atom is -0.348 e. The third-order valence-electron chi connectivity index (χ3n) is 7.24. The number of nitrogens with one attached hydrogen (secondary N) is 1. The third kappa shape index (κ3) is 4.60. The average Bonchev–Trinajstić information content (AvgIpc) is 3.19. The molecule has 0 aromatic heterocycles. The molecule has 1 aliphatic carbocycles. The van der Waals surface area contributed by atoms with E-state index >= 15 is 0 Å². The largest absolute Gasteiger partial charge is 0.348 e. The highest BCUT2D eigenvalue weighted by Gasteiger charge is 2.31. The van der Waals surface area contributed by atoms with E-state index in [1.807, 2.05) is 41.3 Å². The number of hydrogen-bond acceptors (Lipinski definition) is 4. The maximum absolute atomic E-state index is 12.8. The Kier molecular flexibility index (Phi) is 5.92. The molecule has 1 saturated carbocycles. The zero-order chi connectivity index (χ0) is 21.2. The topological polar surface area (TPSA) is 55.9 Å². The van der Waals surface area contributed by atoms with Crippen LogP contribution < -0.4 is 5.32 Å². The fourth-order valence-electron chi connectivity index (χ4n) is 5.07. The SMILES string of the molecule is O=C(NC1CCN(CC(=O)N2CCN(C3CCC3)CC2)C1)c1ccc2ccccc2c1. The smallest absolute Gasteiger partial charge is 0.251 e. The second-order valence-corrected chi connectivity index (χ2v) is 9.26. The molecule has 2 saturated heterocycles. The summed E-state index contributed by atoms with van der Waals surface area (Å²) in [5, 5.41) is 5.37. The molecule has 2 aromatic carbocycles. The molecule has 31 heavy (non-hydrogen) atoms. The number of likely N-dealkylation sites (tertiary alicyclic amines) is 1. The lowest BCUT2D eigenvalue weighted by atomic mass is 9.91. The Morgan fingerprint density at radius 2 is 1.68 bits per heavy atom. The van der Waals surface area contributed by atoms with E-state index in [9.17, 15) is 9.59 Å². The van der Waals surface area contributed by atoms with Crippen LogP contribution in [0.5, 0.6) is 0 Å². The van der Waals surface area contributed by atoms with Crippen LogP contribution in [0.15, 0.2) is 42.5 Å². The summed E-state index contributed by atoms with van der Waals surface area (Å²) in [6.45, 7) is 5.80. The molecule has 0 radical (unpaired) electrons. The number of carbonyl (C=O) groups is 2. The number of fused-ring (bicyclic) bond motifs is 1. The van der Waals surface area contributed by atoms with E-state index in [2.05, 4.69) is 21.2 Å². The second-order valence-electron chi connectivity index (χ2n) is 9.26. The number of carbonyl (C=O) groups excluding carboxylic acids is 2. The molecule has 5 rings (SSSR count). The molecule has 1 unspecified atom stereocenters. The molecule has 0 spiro atoms. The highest BCUT2D eigenvalue weighted by atomic mass is 16.2. The first-order chi connectivity index (χ1) is 15.2. The van der Waals surface area contributed by atoms with Gasteiger partial charge in [-0.05, 0) is 42.2 Å². The maximum atomic E-state index is 12.8. The highest BCUT2D eigenvalue weighted by molar-refractivity contribution is 5.98. The molecule has 0 bridgehead atoms. The summed E-state index contributed by atoms with van der Waals surface area (Å²) >= 11 is 0. The van der Waals surface area contributed by atoms with Gasteiger partial charge in [0.2, 0.25) is 5.91 Å². The number of amides is 2. The van der Waals surface area contributed by atoms with E-state index in [0.717, 1.165) is 62.5 Å². The van der Waals surface area contributed by atoms with E-state index in [-0.39, 0.29) is 17.9 Å². The van der Waals surface area contributed by atoms with Gasteiger partial charge in [0.1, 0.15) is 0 Å². The van der Waals surface area contributed by atoms with Gasteiger partial charge in [0.15, 0.2) is 0 Å². The van der Waals surface area contributed by atoms with Crippen LogP contribution in [-0.2, 0) is 4.79 Å². The summed E-state index contributed by atoms with van der Waals surface area (Å²) in [4.78, 5) is 32.3. The standard InChI is InChI=1S/C25H32N4O2/c30-24(29-14-12-28(13-15-29)23-6-3-7-23)18-27-11-10-22(17-27)26-25(31)21-9-8-19-4-1-2-5-20(19)16-21/h1-2,4-5,8-9,16,22-23H,3,6-7,10-15,17-18H2,(H,26,31). The predicted octanol–water partition coefficient (Wildman–Crippen LogP) is 2.34. The first-order valence-electron chi connectivity index (χ1n) is 11.7. The quantitative estimate of drug-likeness (QED) is 0.807. The van der Waals surface area contributed by atoms with Crippen molar-refractivity contribution >= 4 is 22.6 Å². The third-order valence-corrected chi connectivity index (χ3v) is 7.24. The van der Waals surface area contributed by atoms with Gasteiger partial charge in [0, 0.05) is 56.9 Å². The van der Waals surface area contributed by atoms with E-state index in [0.29, 0.717) is 12.1 Å². The fraction of sp³-hybridized carbons (Fsp3) is 0.520. The normalized spacial score (nSPS) is 23.1. The molecule has 164 valence electrons. The first-order valence-corrected chi connectivity index (χ1v) is 11.7. The van der Waals surface area contributed by atoms with Crippen molar-refractivity contribution in [3.8, 4) is 0 Å². The zero-order valence-corrected chi connectivity index (χ0v) is 18.1. The van der Waals surface area contributed by atoms with E-state index in [1.165, 1.54) is 19.3 Å². The predicted molar refractivity (Wildman–Crippen MR) is 122 cm³/mol. The molecular weight excluding hydrogens is 388 g/mol. The molecule has 2 aromatic rings. The van der Waals surface area contributed by atoms with Crippen molar-refractivity contribution in [1.82, 2.24) is 20.0 Å². The van der Waals surface area contributed by atoms with Gasteiger partial charge >= 0.3 is 0 Å². The van der Waals surface area contributed by atoms with Gasteiger partial charge in [-0.25, -0.2) is 0 Å². The maximum Gasteiger partial charge on any atom is 0.251 e. The van der Waals surface area contributed by atoms with Crippen molar-refractivity contribution in [2.75, 3.05) is 45.8 Å². The van der Waals surface area contributed by atoms with Crippen molar-refractivity contribution in [2.24, 2.45) is 0 Å². The van der Waals surface area contributed by atoms with Crippen LogP contribution >= 0.6 is 0 Å². The minimum absolute atomic E-state index is 0.0314. The van der Waals surface area contributed by atoms with Crippen molar-refractivity contribution < 1.29 is 9.59 Å². The van der Waals surface area contributed by atoms with Gasteiger partial charge in [-0.15, -0.1) is 0 Å². The Morgan fingerprint density at radius 3 is 2.42 bits per heavy atom. The summed E-state index contributed by atoms with van der Waals surface area (Å²) in [6.07, 6.45) is 4.90. The Bertz CT molecular complexity index is 949.